The van der Waals surface area contributed by atoms with Crippen LogP contribution in [0.4, 0.5) is 5.69 Å². The van der Waals surface area contributed by atoms with E-state index in [9.17, 15) is 14.4 Å². The second-order valence-electron chi connectivity index (χ2n) is 10.6. The quantitative estimate of drug-likeness (QED) is 0.198. The fourth-order valence-corrected chi connectivity index (χ4v) is 6.02. The molecule has 0 bridgehead atoms. The molecular weight excluding hydrogens is 526 g/mol. The lowest BCUT2D eigenvalue weighted by molar-refractivity contribution is -0.140. The van der Waals surface area contributed by atoms with Crippen LogP contribution in [0.2, 0.25) is 5.02 Å². The number of halogens is 1. The fraction of sp³-hybridized carbons (Fsp3) is 0.312. The van der Waals surface area contributed by atoms with E-state index in [4.69, 9.17) is 16.0 Å². The van der Waals surface area contributed by atoms with Gasteiger partial charge in [0.15, 0.2) is 5.58 Å². The zero-order valence-corrected chi connectivity index (χ0v) is 22.8. The SMILES string of the molecule is O=C1CC(N(C(=O)Cc2ccc(Cl)cc2)C2CCCCCC2)C(=O)N1c1ccc(-c2nc3ccccc3o2)cc1. The summed E-state index contributed by atoms with van der Waals surface area (Å²) in [6.45, 7) is 0. The monoisotopic (exact) mass is 555 g/mol. The van der Waals surface area contributed by atoms with Crippen molar-refractivity contribution >= 4 is 46.1 Å². The summed E-state index contributed by atoms with van der Waals surface area (Å²) >= 11 is 6.04. The molecule has 0 spiro atoms. The molecule has 7 nitrogen and oxygen atoms in total. The molecule has 8 heteroatoms. The Morgan fingerprint density at radius 3 is 2.33 bits per heavy atom. The third-order valence-electron chi connectivity index (χ3n) is 7.90. The van der Waals surface area contributed by atoms with Crippen LogP contribution >= 0.6 is 11.6 Å². The number of para-hydroxylation sites is 2. The number of oxazole rings is 1. The lowest BCUT2D eigenvalue weighted by Gasteiger charge is -2.35. The molecule has 2 heterocycles. The van der Waals surface area contributed by atoms with Crippen LogP contribution in [0.3, 0.4) is 0 Å². The van der Waals surface area contributed by atoms with Crippen molar-refractivity contribution in [1.82, 2.24) is 9.88 Å². The predicted molar refractivity (Wildman–Crippen MR) is 154 cm³/mol. The van der Waals surface area contributed by atoms with Crippen LogP contribution < -0.4 is 4.90 Å². The first-order chi connectivity index (χ1) is 19.5. The molecule has 204 valence electrons. The Hall–Kier alpha value is -3.97. The van der Waals surface area contributed by atoms with Gasteiger partial charge in [0.2, 0.25) is 17.7 Å². The smallest absolute Gasteiger partial charge is 0.257 e. The highest BCUT2D eigenvalue weighted by molar-refractivity contribution is 6.30. The van der Waals surface area contributed by atoms with Crippen LogP contribution in [0.25, 0.3) is 22.6 Å². The number of nitrogens with zero attached hydrogens (tertiary/aromatic N) is 3. The minimum atomic E-state index is -0.813. The molecule has 3 amide bonds. The molecule has 1 atom stereocenters. The van der Waals surface area contributed by atoms with Crippen molar-refractivity contribution in [1.29, 1.82) is 0 Å². The van der Waals surface area contributed by atoms with Gasteiger partial charge in [-0.2, -0.15) is 0 Å². The van der Waals surface area contributed by atoms with Gasteiger partial charge >= 0.3 is 0 Å². The van der Waals surface area contributed by atoms with Crippen LogP contribution in [0.15, 0.2) is 77.2 Å². The summed E-state index contributed by atoms with van der Waals surface area (Å²) in [5.41, 5.74) is 3.50. The predicted octanol–water partition coefficient (Wildman–Crippen LogP) is 6.57. The van der Waals surface area contributed by atoms with Crippen molar-refractivity contribution < 1.29 is 18.8 Å². The highest BCUT2D eigenvalue weighted by Gasteiger charge is 2.46. The Bertz CT molecular complexity index is 1510. The molecule has 40 heavy (non-hydrogen) atoms. The van der Waals surface area contributed by atoms with Crippen LogP contribution in [0, 0.1) is 0 Å². The Morgan fingerprint density at radius 1 is 0.925 bits per heavy atom. The normalized spacial score (nSPS) is 18.3. The van der Waals surface area contributed by atoms with Gasteiger partial charge < -0.3 is 9.32 Å². The first-order valence-corrected chi connectivity index (χ1v) is 14.2. The van der Waals surface area contributed by atoms with Crippen molar-refractivity contribution in [2.24, 2.45) is 0 Å². The summed E-state index contributed by atoms with van der Waals surface area (Å²) in [6.07, 6.45) is 6.06. The molecule has 1 aliphatic heterocycles. The molecule has 3 aromatic carbocycles. The van der Waals surface area contributed by atoms with Crippen LogP contribution in [-0.4, -0.2) is 39.7 Å². The lowest BCUT2D eigenvalue weighted by atomic mass is 10.0. The topological polar surface area (TPSA) is 83.7 Å². The summed E-state index contributed by atoms with van der Waals surface area (Å²) in [6, 6.07) is 20.9. The number of amides is 3. The molecule has 1 aromatic heterocycles. The first kappa shape index (κ1) is 26.3. The van der Waals surface area contributed by atoms with Crippen LogP contribution in [0.1, 0.15) is 50.5 Å². The second kappa shape index (κ2) is 11.3. The molecule has 1 saturated carbocycles. The van der Waals surface area contributed by atoms with Gasteiger partial charge in [-0.3, -0.25) is 14.4 Å². The highest BCUT2D eigenvalue weighted by atomic mass is 35.5. The van der Waals surface area contributed by atoms with E-state index in [0.717, 1.165) is 55.2 Å². The molecule has 2 aliphatic rings. The van der Waals surface area contributed by atoms with Crippen molar-refractivity contribution in [3.05, 3.63) is 83.4 Å². The summed E-state index contributed by atoms with van der Waals surface area (Å²) in [5.74, 6) is -0.318. The number of fused-ring (bicyclic) bond motifs is 1. The molecular formula is C32H30ClN3O4. The first-order valence-electron chi connectivity index (χ1n) is 13.9. The molecule has 1 unspecified atom stereocenters. The van der Waals surface area contributed by atoms with Gasteiger partial charge in [0.1, 0.15) is 11.6 Å². The number of imide groups is 1. The van der Waals surface area contributed by atoms with E-state index in [-0.39, 0.29) is 36.6 Å². The maximum absolute atomic E-state index is 13.8. The number of hydrogen-bond donors (Lipinski definition) is 0. The Labute approximate surface area is 237 Å². The summed E-state index contributed by atoms with van der Waals surface area (Å²) in [5, 5.41) is 0.603. The number of carbonyl (C=O) groups excluding carboxylic acids is 3. The molecule has 0 radical (unpaired) electrons. The number of benzene rings is 3. The van der Waals surface area contributed by atoms with Crippen LogP contribution in [0.5, 0.6) is 0 Å². The summed E-state index contributed by atoms with van der Waals surface area (Å²) in [7, 11) is 0. The maximum atomic E-state index is 13.8. The average molecular weight is 556 g/mol. The minimum absolute atomic E-state index is 0.0193. The Morgan fingerprint density at radius 2 is 1.62 bits per heavy atom. The van der Waals surface area contributed by atoms with Gasteiger partial charge in [0.25, 0.3) is 5.91 Å². The number of anilines is 1. The molecule has 1 saturated heterocycles. The Kier molecular flexibility index (Phi) is 7.39. The summed E-state index contributed by atoms with van der Waals surface area (Å²) < 4.78 is 5.86. The van der Waals surface area contributed by atoms with Crippen molar-refractivity contribution in [2.75, 3.05) is 4.90 Å². The minimum Gasteiger partial charge on any atom is -0.436 e. The van der Waals surface area contributed by atoms with Gasteiger partial charge in [0.05, 0.1) is 18.5 Å². The number of hydrogen-bond acceptors (Lipinski definition) is 5. The molecule has 6 rings (SSSR count). The van der Waals surface area contributed by atoms with Gasteiger partial charge in [0, 0.05) is 16.6 Å². The average Bonchev–Trinajstić information content (AvgIpc) is 3.39. The largest absolute Gasteiger partial charge is 0.436 e. The number of aromatic nitrogens is 1. The zero-order chi connectivity index (χ0) is 27.6. The van der Waals surface area contributed by atoms with E-state index in [1.54, 1.807) is 41.3 Å². The zero-order valence-electron chi connectivity index (χ0n) is 22.1. The molecule has 4 aromatic rings. The van der Waals surface area contributed by atoms with E-state index in [1.807, 2.05) is 36.4 Å². The van der Waals surface area contributed by atoms with E-state index in [1.165, 1.54) is 4.90 Å². The molecule has 1 aliphatic carbocycles. The van der Waals surface area contributed by atoms with Gasteiger partial charge in [-0.25, -0.2) is 9.88 Å². The van der Waals surface area contributed by atoms with Crippen LogP contribution in [-0.2, 0) is 20.8 Å². The molecule has 2 fully saturated rings. The Balaban J connectivity index is 1.25. The van der Waals surface area contributed by atoms with E-state index in [0.29, 0.717) is 22.2 Å². The van der Waals surface area contributed by atoms with E-state index < -0.39 is 6.04 Å². The molecule has 0 N–H and O–H groups in total. The summed E-state index contributed by atoms with van der Waals surface area (Å²) in [4.78, 5) is 48.3. The van der Waals surface area contributed by atoms with Gasteiger partial charge in [-0.05, 0) is 66.9 Å². The van der Waals surface area contributed by atoms with E-state index in [2.05, 4.69) is 4.98 Å². The fourth-order valence-electron chi connectivity index (χ4n) is 5.89. The number of rotatable bonds is 6. The third-order valence-corrected chi connectivity index (χ3v) is 8.15. The standard InChI is InChI=1S/C32H30ClN3O4/c33-23-15-11-21(12-16-23)19-29(37)35(24-7-3-1-2-4-8-24)27-20-30(38)36(32(27)39)25-17-13-22(14-18-25)31-34-26-9-5-6-10-28(26)40-31/h5-6,9-18,24,27H,1-4,7-8,19-20H2. The lowest BCUT2D eigenvalue weighted by Crippen LogP contribution is -2.51. The van der Waals surface area contributed by atoms with Gasteiger partial charge in [-0.1, -0.05) is 61.5 Å². The van der Waals surface area contributed by atoms with E-state index >= 15 is 0 Å². The number of carbonyl (C=O) groups is 3. The highest BCUT2D eigenvalue weighted by Crippen LogP contribution is 2.33. The van der Waals surface area contributed by atoms with Crippen molar-refractivity contribution in [3.63, 3.8) is 0 Å². The van der Waals surface area contributed by atoms with Crippen molar-refractivity contribution in [3.8, 4) is 11.5 Å². The van der Waals surface area contributed by atoms with Crippen molar-refractivity contribution in [2.45, 2.75) is 63.5 Å². The third kappa shape index (κ3) is 5.26. The maximum Gasteiger partial charge on any atom is 0.257 e. The second-order valence-corrected chi connectivity index (χ2v) is 11.0. The van der Waals surface area contributed by atoms with Gasteiger partial charge in [-0.15, -0.1) is 0 Å².